The summed E-state index contributed by atoms with van der Waals surface area (Å²) in [5, 5.41) is 7.95. The zero-order chi connectivity index (χ0) is 23.2. The molecule has 0 aliphatic carbocycles. The number of hydrogen-bond donors (Lipinski definition) is 3. The maximum absolute atomic E-state index is 12.4. The molecular weight excluding hydrogens is 400 g/mol. The van der Waals surface area contributed by atoms with Crippen molar-refractivity contribution in [3.63, 3.8) is 0 Å². The molecule has 1 heterocycles. The largest absolute Gasteiger partial charge is 0.444 e. The van der Waals surface area contributed by atoms with Gasteiger partial charge in [-0.25, -0.2) is 4.79 Å². The standard InChI is InChI=1S/C22H32N4O5/c1-14(2)26-13-16(10-19(26)28)20(29)23-11-15-7-6-8-17(9-15)25-18(27)12-24-21(30)31-22(3,4)5/h6-9,14,16H,10-13H2,1-5H3,(H,23,29)(H,24,30)(H,25,27). The molecule has 0 spiro atoms. The molecule has 0 aromatic heterocycles. The SMILES string of the molecule is CC(C)N1CC(C(=O)NCc2cccc(NC(=O)CNC(=O)OC(C)(C)C)c2)CC1=O. The fraction of sp³-hybridized carbons (Fsp3) is 0.545. The highest BCUT2D eigenvalue weighted by Gasteiger charge is 2.35. The van der Waals surface area contributed by atoms with Crippen molar-refractivity contribution in [3.05, 3.63) is 29.8 Å². The van der Waals surface area contributed by atoms with Crippen molar-refractivity contribution in [3.8, 4) is 0 Å². The molecule has 1 aromatic carbocycles. The molecule has 1 fully saturated rings. The third-order valence-corrected chi connectivity index (χ3v) is 4.62. The van der Waals surface area contributed by atoms with Crippen LogP contribution >= 0.6 is 0 Å². The van der Waals surface area contributed by atoms with Crippen molar-refractivity contribution in [2.75, 3.05) is 18.4 Å². The van der Waals surface area contributed by atoms with Crippen LogP contribution in [-0.2, 0) is 25.7 Å². The lowest BCUT2D eigenvalue weighted by molar-refractivity contribution is -0.130. The maximum atomic E-state index is 12.4. The quantitative estimate of drug-likeness (QED) is 0.609. The van der Waals surface area contributed by atoms with Crippen LogP contribution < -0.4 is 16.0 Å². The summed E-state index contributed by atoms with van der Waals surface area (Å²) in [6, 6.07) is 7.13. The van der Waals surface area contributed by atoms with E-state index in [-0.39, 0.29) is 43.3 Å². The molecule has 0 saturated carbocycles. The van der Waals surface area contributed by atoms with Gasteiger partial charge in [0.05, 0.1) is 5.92 Å². The van der Waals surface area contributed by atoms with E-state index in [1.165, 1.54) is 0 Å². The number of ether oxygens (including phenoxy) is 1. The first-order valence-electron chi connectivity index (χ1n) is 10.4. The normalized spacial score (nSPS) is 16.3. The van der Waals surface area contributed by atoms with Gasteiger partial charge < -0.3 is 25.6 Å². The lowest BCUT2D eigenvalue weighted by atomic mass is 10.1. The molecule has 9 nitrogen and oxygen atoms in total. The molecule has 1 aliphatic rings. The molecular formula is C22H32N4O5. The van der Waals surface area contributed by atoms with E-state index in [1.54, 1.807) is 43.9 Å². The second-order valence-electron chi connectivity index (χ2n) is 8.86. The number of likely N-dealkylation sites (tertiary alicyclic amines) is 1. The van der Waals surface area contributed by atoms with Crippen LogP contribution in [0.25, 0.3) is 0 Å². The van der Waals surface area contributed by atoms with Crippen LogP contribution in [0.4, 0.5) is 10.5 Å². The molecule has 2 rings (SSSR count). The van der Waals surface area contributed by atoms with E-state index in [0.29, 0.717) is 12.2 Å². The summed E-state index contributed by atoms with van der Waals surface area (Å²) in [4.78, 5) is 49.8. The molecule has 1 aliphatic heterocycles. The molecule has 1 saturated heterocycles. The van der Waals surface area contributed by atoms with Gasteiger partial charge >= 0.3 is 6.09 Å². The minimum absolute atomic E-state index is 0.000138. The number of anilines is 1. The van der Waals surface area contributed by atoms with Gasteiger partial charge in [-0.2, -0.15) is 0 Å². The average molecular weight is 433 g/mol. The molecule has 9 heteroatoms. The molecule has 31 heavy (non-hydrogen) atoms. The highest BCUT2D eigenvalue weighted by Crippen LogP contribution is 2.20. The highest BCUT2D eigenvalue weighted by atomic mass is 16.6. The van der Waals surface area contributed by atoms with Gasteiger partial charge in [-0.15, -0.1) is 0 Å². The Kier molecular flexibility index (Phi) is 8.01. The van der Waals surface area contributed by atoms with Crippen LogP contribution in [0.1, 0.15) is 46.6 Å². The number of nitrogens with zero attached hydrogens (tertiary/aromatic N) is 1. The third kappa shape index (κ3) is 7.92. The minimum Gasteiger partial charge on any atom is -0.444 e. The van der Waals surface area contributed by atoms with E-state index < -0.39 is 17.6 Å². The Morgan fingerprint density at radius 2 is 1.90 bits per heavy atom. The van der Waals surface area contributed by atoms with E-state index in [9.17, 15) is 19.2 Å². The predicted molar refractivity (Wildman–Crippen MR) is 116 cm³/mol. The lowest BCUT2D eigenvalue weighted by Gasteiger charge is -2.20. The van der Waals surface area contributed by atoms with Gasteiger partial charge in [-0.3, -0.25) is 14.4 Å². The number of carbonyl (C=O) groups excluding carboxylic acids is 4. The zero-order valence-corrected chi connectivity index (χ0v) is 18.8. The first-order valence-corrected chi connectivity index (χ1v) is 10.4. The summed E-state index contributed by atoms with van der Waals surface area (Å²) < 4.78 is 5.09. The molecule has 1 unspecified atom stereocenters. The van der Waals surface area contributed by atoms with Gasteiger partial charge in [-0.1, -0.05) is 12.1 Å². The molecule has 4 amide bonds. The van der Waals surface area contributed by atoms with Crippen molar-refractivity contribution in [1.82, 2.24) is 15.5 Å². The number of rotatable bonds is 7. The van der Waals surface area contributed by atoms with E-state index >= 15 is 0 Å². The van der Waals surface area contributed by atoms with Gasteiger partial charge in [0, 0.05) is 31.2 Å². The second kappa shape index (κ2) is 10.3. The summed E-state index contributed by atoms with van der Waals surface area (Å²) in [5.41, 5.74) is 0.708. The second-order valence-corrected chi connectivity index (χ2v) is 8.86. The van der Waals surface area contributed by atoms with E-state index in [1.807, 2.05) is 19.9 Å². The fourth-order valence-electron chi connectivity index (χ4n) is 3.17. The number of alkyl carbamates (subject to hydrolysis) is 1. The van der Waals surface area contributed by atoms with Gasteiger partial charge in [0.1, 0.15) is 12.1 Å². The molecule has 170 valence electrons. The summed E-state index contributed by atoms with van der Waals surface area (Å²) in [6.07, 6.45) is -0.439. The zero-order valence-electron chi connectivity index (χ0n) is 18.8. The summed E-state index contributed by atoms with van der Waals surface area (Å²) in [6.45, 7) is 9.57. The smallest absolute Gasteiger partial charge is 0.408 e. The summed E-state index contributed by atoms with van der Waals surface area (Å²) >= 11 is 0. The Bertz CT molecular complexity index is 831. The topological polar surface area (TPSA) is 117 Å². The molecule has 1 atom stereocenters. The van der Waals surface area contributed by atoms with Crippen molar-refractivity contribution in [1.29, 1.82) is 0 Å². The number of benzene rings is 1. The Balaban J connectivity index is 1.81. The van der Waals surface area contributed by atoms with Crippen LogP contribution in [0.15, 0.2) is 24.3 Å². The van der Waals surface area contributed by atoms with Crippen LogP contribution in [0.5, 0.6) is 0 Å². The van der Waals surface area contributed by atoms with Crippen molar-refractivity contribution >= 4 is 29.5 Å². The Morgan fingerprint density at radius 1 is 1.19 bits per heavy atom. The predicted octanol–water partition coefficient (Wildman–Crippen LogP) is 2.02. The number of carbonyl (C=O) groups is 4. The average Bonchev–Trinajstić information content (AvgIpc) is 3.05. The maximum Gasteiger partial charge on any atom is 0.408 e. The van der Waals surface area contributed by atoms with Crippen molar-refractivity contribution in [2.45, 2.75) is 59.2 Å². The fourth-order valence-corrected chi connectivity index (χ4v) is 3.17. The number of nitrogens with one attached hydrogen (secondary N) is 3. The van der Waals surface area contributed by atoms with Crippen LogP contribution in [0.3, 0.4) is 0 Å². The van der Waals surface area contributed by atoms with E-state index in [0.717, 1.165) is 5.56 Å². The highest BCUT2D eigenvalue weighted by molar-refractivity contribution is 5.94. The first kappa shape index (κ1) is 24.2. The Labute approximate surface area is 182 Å². The monoisotopic (exact) mass is 432 g/mol. The lowest BCUT2D eigenvalue weighted by Crippen LogP contribution is -2.37. The Hall–Kier alpha value is -3.10. The van der Waals surface area contributed by atoms with Crippen LogP contribution in [0, 0.1) is 5.92 Å². The van der Waals surface area contributed by atoms with E-state index in [4.69, 9.17) is 4.74 Å². The third-order valence-electron chi connectivity index (χ3n) is 4.62. The first-order chi connectivity index (χ1) is 14.4. The van der Waals surface area contributed by atoms with Gasteiger partial charge in [-0.05, 0) is 52.3 Å². The van der Waals surface area contributed by atoms with Gasteiger partial charge in [0.15, 0.2) is 0 Å². The number of amides is 4. The molecule has 1 aromatic rings. The molecule has 3 N–H and O–H groups in total. The van der Waals surface area contributed by atoms with Gasteiger partial charge in [0.2, 0.25) is 17.7 Å². The summed E-state index contributed by atoms with van der Waals surface area (Å²) in [7, 11) is 0. The van der Waals surface area contributed by atoms with Gasteiger partial charge in [0.25, 0.3) is 0 Å². The van der Waals surface area contributed by atoms with Crippen molar-refractivity contribution in [2.24, 2.45) is 5.92 Å². The Morgan fingerprint density at radius 3 is 2.52 bits per heavy atom. The summed E-state index contributed by atoms with van der Waals surface area (Å²) in [5.74, 6) is -0.908. The minimum atomic E-state index is -0.666. The van der Waals surface area contributed by atoms with E-state index in [2.05, 4.69) is 16.0 Å². The number of hydrogen-bond acceptors (Lipinski definition) is 5. The molecule has 0 bridgehead atoms. The molecule has 0 radical (unpaired) electrons. The van der Waals surface area contributed by atoms with Crippen molar-refractivity contribution < 1.29 is 23.9 Å². The van der Waals surface area contributed by atoms with Crippen LogP contribution in [0.2, 0.25) is 0 Å². The van der Waals surface area contributed by atoms with Crippen LogP contribution in [-0.4, -0.2) is 53.4 Å².